The SMILES string of the molecule is Cc1cccc(C)c1NC(=O)CNC(=O)N[C@H](c1ccccc1)C1CC1. The second-order valence-electron chi connectivity index (χ2n) is 6.87. The first kappa shape index (κ1) is 18.0. The molecule has 0 unspecified atom stereocenters. The fourth-order valence-electron chi connectivity index (χ4n) is 3.11. The highest BCUT2D eigenvalue weighted by molar-refractivity contribution is 5.95. The van der Waals surface area contributed by atoms with Crippen LogP contribution in [0.3, 0.4) is 0 Å². The van der Waals surface area contributed by atoms with E-state index in [4.69, 9.17) is 0 Å². The lowest BCUT2D eigenvalue weighted by molar-refractivity contribution is -0.115. The van der Waals surface area contributed by atoms with Gasteiger partial charge in [0.2, 0.25) is 5.91 Å². The molecule has 5 heteroatoms. The van der Waals surface area contributed by atoms with Crippen LogP contribution in [0.2, 0.25) is 0 Å². The Bertz CT molecular complexity index is 765. The topological polar surface area (TPSA) is 70.2 Å². The van der Waals surface area contributed by atoms with Gasteiger partial charge in [-0.15, -0.1) is 0 Å². The molecule has 0 bridgehead atoms. The highest BCUT2D eigenvalue weighted by atomic mass is 16.2. The standard InChI is InChI=1S/C21H25N3O2/c1-14-7-6-8-15(2)19(14)23-18(25)13-22-21(26)24-20(17-11-12-17)16-9-4-3-5-10-16/h3-10,17,20H,11-13H2,1-2H3,(H,23,25)(H2,22,24,26)/t20-/m1/s1. The van der Waals surface area contributed by atoms with Crippen molar-refractivity contribution in [1.82, 2.24) is 10.6 Å². The van der Waals surface area contributed by atoms with Gasteiger partial charge in [0.25, 0.3) is 0 Å². The Morgan fingerprint density at radius 1 is 1.00 bits per heavy atom. The Hall–Kier alpha value is -2.82. The third kappa shape index (κ3) is 4.63. The molecule has 3 rings (SSSR count). The first-order valence-electron chi connectivity index (χ1n) is 9.00. The van der Waals surface area contributed by atoms with E-state index < -0.39 is 0 Å². The van der Waals surface area contributed by atoms with Crippen LogP contribution < -0.4 is 16.0 Å². The number of urea groups is 1. The first-order chi connectivity index (χ1) is 12.5. The van der Waals surface area contributed by atoms with Gasteiger partial charge in [0.15, 0.2) is 0 Å². The Morgan fingerprint density at radius 3 is 2.27 bits per heavy atom. The summed E-state index contributed by atoms with van der Waals surface area (Å²) in [6.45, 7) is 3.83. The molecule has 0 spiro atoms. The van der Waals surface area contributed by atoms with Crippen LogP contribution in [0.25, 0.3) is 0 Å². The number of hydrogen-bond acceptors (Lipinski definition) is 2. The minimum absolute atomic E-state index is 0.00197. The molecule has 1 aliphatic rings. The van der Waals surface area contributed by atoms with E-state index >= 15 is 0 Å². The smallest absolute Gasteiger partial charge is 0.315 e. The van der Waals surface area contributed by atoms with Crippen molar-refractivity contribution in [1.29, 1.82) is 0 Å². The molecule has 0 saturated heterocycles. The molecule has 1 aliphatic carbocycles. The Kier molecular flexibility index (Phi) is 5.56. The van der Waals surface area contributed by atoms with Crippen LogP contribution in [0.5, 0.6) is 0 Å². The van der Waals surface area contributed by atoms with Crippen LogP contribution >= 0.6 is 0 Å². The normalized spacial score (nSPS) is 14.4. The number of amides is 3. The number of anilines is 1. The summed E-state index contributed by atoms with van der Waals surface area (Å²) < 4.78 is 0. The van der Waals surface area contributed by atoms with E-state index in [-0.39, 0.29) is 24.5 Å². The van der Waals surface area contributed by atoms with Crippen molar-refractivity contribution in [3.8, 4) is 0 Å². The zero-order valence-corrected chi connectivity index (χ0v) is 15.2. The molecule has 0 radical (unpaired) electrons. The van der Waals surface area contributed by atoms with Crippen molar-refractivity contribution in [2.45, 2.75) is 32.7 Å². The molecule has 1 atom stereocenters. The fraction of sp³-hybridized carbons (Fsp3) is 0.333. The van der Waals surface area contributed by atoms with Crippen LogP contribution in [0, 0.1) is 19.8 Å². The van der Waals surface area contributed by atoms with Crippen molar-refractivity contribution < 1.29 is 9.59 Å². The number of nitrogens with one attached hydrogen (secondary N) is 3. The summed E-state index contributed by atoms with van der Waals surface area (Å²) in [4.78, 5) is 24.4. The van der Waals surface area contributed by atoms with E-state index in [0.29, 0.717) is 5.92 Å². The molecule has 3 N–H and O–H groups in total. The molecular weight excluding hydrogens is 326 g/mol. The van der Waals surface area contributed by atoms with Gasteiger partial charge in [-0.2, -0.15) is 0 Å². The van der Waals surface area contributed by atoms with E-state index in [2.05, 4.69) is 16.0 Å². The van der Waals surface area contributed by atoms with Gasteiger partial charge >= 0.3 is 6.03 Å². The van der Waals surface area contributed by atoms with Gasteiger partial charge in [-0.05, 0) is 49.3 Å². The second kappa shape index (κ2) is 8.04. The largest absolute Gasteiger partial charge is 0.331 e. The lowest BCUT2D eigenvalue weighted by atomic mass is 10.0. The summed E-state index contributed by atoms with van der Waals surface area (Å²) in [5.41, 5.74) is 3.91. The van der Waals surface area contributed by atoms with Gasteiger partial charge < -0.3 is 16.0 Å². The van der Waals surface area contributed by atoms with Crippen molar-refractivity contribution >= 4 is 17.6 Å². The molecule has 1 fully saturated rings. The van der Waals surface area contributed by atoms with Crippen LogP contribution in [0.4, 0.5) is 10.5 Å². The monoisotopic (exact) mass is 351 g/mol. The quantitative estimate of drug-likeness (QED) is 0.743. The maximum Gasteiger partial charge on any atom is 0.315 e. The molecule has 3 amide bonds. The second-order valence-corrected chi connectivity index (χ2v) is 6.87. The Balaban J connectivity index is 1.52. The van der Waals surface area contributed by atoms with Gasteiger partial charge in [0.1, 0.15) is 0 Å². The van der Waals surface area contributed by atoms with Gasteiger partial charge in [-0.1, -0.05) is 48.5 Å². The number of para-hydroxylation sites is 1. The van der Waals surface area contributed by atoms with Gasteiger partial charge in [0, 0.05) is 5.69 Å². The summed E-state index contributed by atoms with van der Waals surface area (Å²) in [5, 5.41) is 8.54. The van der Waals surface area contributed by atoms with Gasteiger partial charge in [0.05, 0.1) is 12.6 Å². The predicted octanol–water partition coefficient (Wildman–Crippen LogP) is 3.69. The molecule has 2 aromatic carbocycles. The first-order valence-corrected chi connectivity index (χ1v) is 9.00. The molecule has 136 valence electrons. The van der Waals surface area contributed by atoms with E-state index in [1.807, 2.05) is 62.4 Å². The Labute approximate surface area is 154 Å². The fourth-order valence-corrected chi connectivity index (χ4v) is 3.11. The maximum atomic E-state index is 12.2. The molecule has 5 nitrogen and oxygen atoms in total. The van der Waals surface area contributed by atoms with Crippen molar-refractivity contribution in [2.75, 3.05) is 11.9 Å². The molecule has 2 aromatic rings. The highest BCUT2D eigenvalue weighted by Crippen LogP contribution is 2.40. The summed E-state index contributed by atoms with van der Waals surface area (Å²) in [6.07, 6.45) is 2.24. The minimum atomic E-state index is -0.317. The number of benzene rings is 2. The maximum absolute atomic E-state index is 12.2. The lowest BCUT2D eigenvalue weighted by Crippen LogP contribution is -2.42. The van der Waals surface area contributed by atoms with Gasteiger partial charge in [-0.3, -0.25) is 4.79 Å². The van der Waals surface area contributed by atoms with E-state index in [0.717, 1.165) is 35.2 Å². The predicted molar refractivity (Wildman–Crippen MR) is 103 cm³/mol. The molecular formula is C21H25N3O2. The molecule has 1 saturated carbocycles. The Morgan fingerprint density at radius 2 is 1.65 bits per heavy atom. The summed E-state index contributed by atoms with van der Waals surface area (Å²) in [7, 11) is 0. The van der Waals surface area contributed by atoms with Crippen molar-refractivity contribution in [2.24, 2.45) is 5.92 Å². The number of aryl methyl sites for hydroxylation is 2. The third-order valence-corrected chi connectivity index (χ3v) is 4.69. The molecule has 0 aliphatic heterocycles. The van der Waals surface area contributed by atoms with E-state index in [9.17, 15) is 9.59 Å². The number of rotatable bonds is 6. The number of carbonyl (C=O) groups excluding carboxylic acids is 2. The minimum Gasteiger partial charge on any atom is -0.331 e. The molecule has 26 heavy (non-hydrogen) atoms. The van der Waals surface area contributed by atoms with Gasteiger partial charge in [-0.25, -0.2) is 4.79 Å². The highest BCUT2D eigenvalue weighted by Gasteiger charge is 2.33. The van der Waals surface area contributed by atoms with Crippen LogP contribution in [-0.2, 0) is 4.79 Å². The molecule has 0 heterocycles. The van der Waals surface area contributed by atoms with E-state index in [1.165, 1.54) is 0 Å². The summed E-state index contributed by atoms with van der Waals surface area (Å²) in [6, 6.07) is 15.5. The third-order valence-electron chi connectivity index (χ3n) is 4.69. The summed E-state index contributed by atoms with van der Waals surface area (Å²) in [5.74, 6) is 0.242. The zero-order chi connectivity index (χ0) is 18.5. The molecule has 0 aromatic heterocycles. The number of carbonyl (C=O) groups is 2. The van der Waals surface area contributed by atoms with Crippen molar-refractivity contribution in [3.63, 3.8) is 0 Å². The van der Waals surface area contributed by atoms with Crippen molar-refractivity contribution in [3.05, 3.63) is 65.2 Å². The zero-order valence-electron chi connectivity index (χ0n) is 15.2. The number of hydrogen-bond donors (Lipinski definition) is 3. The van der Waals surface area contributed by atoms with Crippen LogP contribution in [0.1, 0.15) is 35.6 Å². The summed E-state index contributed by atoms with van der Waals surface area (Å²) >= 11 is 0. The lowest BCUT2D eigenvalue weighted by Gasteiger charge is -2.19. The van der Waals surface area contributed by atoms with E-state index in [1.54, 1.807) is 0 Å². The van der Waals surface area contributed by atoms with Crippen LogP contribution in [0.15, 0.2) is 48.5 Å². The average Bonchev–Trinajstić information content (AvgIpc) is 3.47. The van der Waals surface area contributed by atoms with Crippen LogP contribution in [-0.4, -0.2) is 18.5 Å². The average molecular weight is 351 g/mol.